The monoisotopic (exact) mass is 510 g/mol. The van der Waals surface area contributed by atoms with Gasteiger partial charge in [-0.25, -0.2) is 9.37 Å². The van der Waals surface area contributed by atoms with E-state index >= 15 is 0 Å². The van der Waals surface area contributed by atoms with Crippen LogP contribution in [0.3, 0.4) is 0 Å². The minimum Gasteiger partial charge on any atom is -0.389 e. The maximum Gasteiger partial charge on any atom is 0.253 e. The Kier molecular flexibility index (Phi) is 8.45. The molecular weight excluding hydrogens is 479 g/mol. The van der Waals surface area contributed by atoms with Crippen molar-refractivity contribution in [2.24, 2.45) is 0 Å². The Morgan fingerprint density at radius 2 is 2.00 bits per heavy atom. The first-order chi connectivity index (χ1) is 17.3. The molecule has 0 unspecified atom stereocenters. The molecule has 1 saturated heterocycles. The predicted octanol–water partition coefficient (Wildman–Crippen LogP) is 3.32. The van der Waals surface area contributed by atoms with Crippen LogP contribution in [0.4, 0.5) is 4.39 Å². The number of hydrogen-bond donors (Lipinski definition) is 3. The zero-order valence-electron chi connectivity index (χ0n) is 20.4. The van der Waals surface area contributed by atoms with Crippen LogP contribution in [-0.2, 0) is 13.0 Å². The van der Waals surface area contributed by atoms with Crippen molar-refractivity contribution < 1.29 is 19.1 Å². The molecule has 3 N–H and O–H groups in total. The van der Waals surface area contributed by atoms with Gasteiger partial charge < -0.3 is 20.6 Å². The maximum atomic E-state index is 13.4. The first-order valence-electron chi connectivity index (χ1n) is 12.0. The summed E-state index contributed by atoms with van der Waals surface area (Å²) < 4.78 is 13.4. The molecule has 7 nitrogen and oxygen atoms in total. The third kappa shape index (κ3) is 6.54. The molecule has 9 heteroatoms. The van der Waals surface area contributed by atoms with Crippen molar-refractivity contribution in [1.29, 1.82) is 0 Å². The molecule has 36 heavy (non-hydrogen) atoms. The van der Waals surface area contributed by atoms with E-state index in [9.17, 15) is 19.1 Å². The summed E-state index contributed by atoms with van der Waals surface area (Å²) in [6.07, 6.45) is 1.29. The number of aliphatic hydroxyl groups is 1. The number of carbonyl (C=O) groups is 2. The first-order valence-corrected chi connectivity index (χ1v) is 12.9. The van der Waals surface area contributed by atoms with Gasteiger partial charge in [0.15, 0.2) is 0 Å². The smallest absolute Gasteiger partial charge is 0.253 e. The molecule has 0 radical (unpaired) electrons. The SMILES string of the molecule is Cc1csc(CN(C)C(=O)c2cccc(C(=O)N[C@@H](Cc3ccc(F)cc3)[C@H](O)[C@H]3CCCN3)c2)n1. The molecule has 1 aliphatic heterocycles. The molecule has 0 aliphatic carbocycles. The number of aromatic nitrogens is 1. The normalized spacial score (nSPS) is 16.9. The molecule has 190 valence electrons. The van der Waals surface area contributed by atoms with Gasteiger partial charge in [0, 0.05) is 35.3 Å². The number of nitrogens with zero attached hydrogens (tertiary/aromatic N) is 2. The highest BCUT2D eigenvalue weighted by Gasteiger charge is 2.31. The third-order valence-corrected chi connectivity index (χ3v) is 7.32. The van der Waals surface area contributed by atoms with Crippen molar-refractivity contribution in [1.82, 2.24) is 20.5 Å². The summed E-state index contributed by atoms with van der Waals surface area (Å²) in [5.41, 5.74) is 2.45. The number of hydrogen-bond acceptors (Lipinski definition) is 6. The first kappa shape index (κ1) is 25.9. The number of aryl methyl sites for hydroxylation is 1. The standard InChI is InChI=1S/C27H31FN4O3S/c1-17-16-36-24(30-17)15-32(2)27(35)20-6-3-5-19(14-20)26(34)31-23(25(33)22-7-4-12-29-22)13-18-8-10-21(28)11-9-18/h3,5-6,8-11,14,16,22-23,25,29,33H,4,7,12-13,15H2,1-2H3,(H,31,34)/t22-,23+,25-/m1/s1. The van der Waals surface area contributed by atoms with Crippen LogP contribution in [0.25, 0.3) is 0 Å². The van der Waals surface area contributed by atoms with Gasteiger partial charge in [0.2, 0.25) is 0 Å². The van der Waals surface area contributed by atoms with Crippen LogP contribution < -0.4 is 10.6 Å². The molecule has 2 aromatic carbocycles. The van der Waals surface area contributed by atoms with Gasteiger partial charge in [-0.2, -0.15) is 0 Å². The number of benzene rings is 2. The van der Waals surface area contributed by atoms with E-state index in [1.165, 1.54) is 23.5 Å². The van der Waals surface area contributed by atoms with Crippen molar-refractivity contribution in [2.45, 2.75) is 50.9 Å². The van der Waals surface area contributed by atoms with Crippen LogP contribution in [0, 0.1) is 12.7 Å². The van der Waals surface area contributed by atoms with E-state index in [0.717, 1.165) is 35.7 Å². The lowest BCUT2D eigenvalue weighted by Crippen LogP contribution is -2.52. The molecule has 1 fully saturated rings. The molecule has 0 saturated carbocycles. The van der Waals surface area contributed by atoms with Gasteiger partial charge in [-0.1, -0.05) is 18.2 Å². The summed E-state index contributed by atoms with van der Waals surface area (Å²) >= 11 is 1.50. The molecule has 0 bridgehead atoms. The second-order valence-corrected chi connectivity index (χ2v) is 10.2. The largest absolute Gasteiger partial charge is 0.389 e. The molecule has 3 aromatic rings. The van der Waals surface area contributed by atoms with Crippen LogP contribution >= 0.6 is 11.3 Å². The summed E-state index contributed by atoms with van der Waals surface area (Å²) in [6, 6.07) is 11.9. The minimum absolute atomic E-state index is 0.133. The topological polar surface area (TPSA) is 94.6 Å². The zero-order valence-corrected chi connectivity index (χ0v) is 21.2. The Labute approximate surface area is 214 Å². The van der Waals surface area contributed by atoms with E-state index in [1.54, 1.807) is 48.3 Å². The molecule has 3 atom stereocenters. The zero-order chi connectivity index (χ0) is 25.7. The predicted molar refractivity (Wildman–Crippen MR) is 137 cm³/mol. The summed E-state index contributed by atoms with van der Waals surface area (Å²) in [4.78, 5) is 32.2. The molecule has 1 aromatic heterocycles. The van der Waals surface area contributed by atoms with Gasteiger partial charge in [0.25, 0.3) is 11.8 Å². The molecule has 2 heterocycles. The average Bonchev–Trinajstić information content (AvgIpc) is 3.56. The number of halogens is 1. The van der Waals surface area contributed by atoms with Gasteiger partial charge >= 0.3 is 0 Å². The van der Waals surface area contributed by atoms with Crippen LogP contribution in [0.15, 0.2) is 53.9 Å². The Morgan fingerprint density at radius 1 is 1.25 bits per heavy atom. The van der Waals surface area contributed by atoms with Crippen molar-refractivity contribution in [3.05, 3.63) is 87.1 Å². The Balaban J connectivity index is 1.48. The van der Waals surface area contributed by atoms with Crippen LogP contribution in [0.2, 0.25) is 0 Å². The van der Waals surface area contributed by atoms with E-state index in [2.05, 4.69) is 15.6 Å². The summed E-state index contributed by atoms with van der Waals surface area (Å²) in [6.45, 7) is 3.11. The molecule has 0 spiro atoms. The fraction of sp³-hybridized carbons (Fsp3) is 0.370. The number of carbonyl (C=O) groups excluding carboxylic acids is 2. The average molecular weight is 511 g/mol. The molecular formula is C27H31FN4O3S. The Morgan fingerprint density at radius 3 is 2.67 bits per heavy atom. The lowest BCUT2D eigenvalue weighted by atomic mass is 9.95. The fourth-order valence-corrected chi connectivity index (χ4v) is 5.25. The molecule has 2 amide bonds. The summed E-state index contributed by atoms with van der Waals surface area (Å²) in [5.74, 6) is -0.934. The van der Waals surface area contributed by atoms with Crippen LogP contribution in [0.1, 0.15) is 49.8 Å². The van der Waals surface area contributed by atoms with Crippen molar-refractivity contribution in [3.63, 3.8) is 0 Å². The Bertz CT molecular complexity index is 1190. The van der Waals surface area contributed by atoms with Gasteiger partial charge in [-0.3, -0.25) is 9.59 Å². The van der Waals surface area contributed by atoms with Crippen molar-refractivity contribution >= 4 is 23.2 Å². The number of rotatable bonds is 9. The quantitative estimate of drug-likeness (QED) is 0.411. The highest BCUT2D eigenvalue weighted by molar-refractivity contribution is 7.09. The van der Waals surface area contributed by atoms with E-state index in [4.69, 9.17) is 0 Å². The van der Waals surface area contributed by atoms with Gasteiger partial charge in [0.1, 0.15) is 10.8 Å². The van der Waals surface area contributed by atoms with Crippen LogP contribution in [0.5, 0.6) is 0 Å². The van der Waals surface area contributed by atoms with Crippen LogP contribution in [-0.4, -0.2) is 58.6 Å². The number of thiazole rings is 1. The highest BCUT2D eigenvalue weighted by Crippen LogP contribution is 2.18. The second kappa shape index (κ2) is 11.7. The Hall–Kier alpha value is -3.14. The number of nitrogens with one attached hydrogen (secondary N) is 2. The van der Waals surface area contributed by atoms with Gasteiger partial charge in [-0.15, -0.1) is 11.3 Å². The lowest BCUT2D eigenvalue weighted by Gasteiger charge is -2.29. The molecule has 1 aliphatic rings. The molecule has 4 rings (SSSR count). The number of amides is 2. The van der Waals surface area contributed by atoms with Crippen molar-refractivity contribution in [3.8, 4) is 0 Å². The fourth-order valence-electron chi connectivity index (χ4n) is 4.43. The lowest BCUT2D eigenvalue weighted by molar-refractivity contribution is 0.0737. The maximum absolute atomic E-state index is 13.4. The highest BCUT2D eigenvalue weighted by atomic mass is 32.1. The minimum atomic E-state index is -0.820. The van der Waals surface area contributed by atoms with Gasteiger partial charge in [-0.05, 0) is 68.6 Å². The van der Waals surface area contributed by atoms with Gasteiger partial charge in [0.05, 0.1) is 18.7 Å². The summed E-state index contributed by atoms with van der Waals surface area (Å²) in [7, 11) is 1.70. The van der Waals surface area contributed by atoms with E-state index in [0.29, 0.717) is 24.1 Å². The van der Waals surface area contributed by atoms with E-state index < -0.39 is 12.1 Å². The second-order valence-electron chi connectivity index (χ2n) is 9.23. The number of aliphatic hydroxyl groups excluding tert-OH is 1. The summed E-state index contributed by atoms with van der Waals surface area (Å²) in [5, 5.41) is 20.1. The van der Waals surface area contributed by atoms with E-state index in [1.807, 2.05) is 12.3 Å². The van der Waals surface area contributed by atoms with E-state index in [-0.39, 0.29) is 23.7 Å². The van der Waals surface area contributed by atoms with Crippen molar-refractivity contribution in [2.75, 3.05) is 13.6 Å². The third-order valence-electron chi connectivity index (χ3n) is 6.37.